The average molecular weight is 494 g/mol. The summed E-state index contributed by atoms with van der Waals surface area (Å²) in [6.45, 7) is 2.81. The van der Waals surface area contributed by atoms with Crippen LogP contribution >= 0.6 is 11.8 Å². The fourth-order valence-corrected chi connectivity index (χ4v) is 3.46. The summed E-state index contributed by atoms with van der Waals surface area (Å²) in [5.74, 6) is -0.862. The van der Waals surface area contributed by atoms with Gasteiger partial charge in [-0.15, -0.1) is 0 Å². The van der Waals surface area contributed by atoms with Crippen molar-refractivity contribution in [2.45, 2.75) is 37.5 Å². The Hall–Kier alpha value is -3.83. The van der Waals surface area contributed by atoms with Crippen LogP contribution in [0.2, 0.25) is 0 Å². The minimum atomic E-state index is -0.713. The lowest BCUT2D eigenvalue weighted by molar-refractivity contribution is 0.0720. The molecule has 0 bridgehead atoms. The van der Waals surface area contributed by atoms with Gasteiger partial charge in [-0.25, -0.2) is 14.0 Å². The number of nitriles is 1. The van der Waals surface area contributed by atoms with E-state index >= 15 is 0 Å². The lowest BCUT2D eigenvalue weighted by atomic mass is 10.1. The summed E-state index contributed by atoms with van der Waals surface area (Å²) in [6, 6.07) is 16.3. The molecule has 35 heavy (non-hydrogen) atoms. The van der Waals surface area contributed by atoms with Gasteiger partial charge in [0.1, 0.15) is 28.5 Å². The molecule has 0 aliphatic rings. The molecule has 3 rings (SSSR count). The number of nitrogens with zero attached hydrogens (tertiary/aromatic N) is 1. The molecule has 0 heterocycles. The first-order valence-corrected chi connectivity index (χ1v) is 11.9. The van der Waals surface area contributed by atoms with Crippen molar-refractivity contribution < 1.29 is 28.2 Å². The monoisotopic (exact) mass is 493 g/mol. The van der Waals surface area contributed by atoms with Gasteiger partial charge >= 0.3 is 11.9 Å². The number of halogens is 1. The molecule has 0 radical (unpaired) electrons. The molecule has 0 aliphatic heterocycles. The predicted molar refractivity (Wildman–Crippen MR) is 130 cm³/mol. The Morgan fingerprint density at radius 2 is 1.40 bits per heavy atom. The van der Waals surface area contributed by atoms with E-state index in [9.17, 15) is 14.0 Å². The molecule has 0 aromatic heterocycles. The van der Waals surface area contributed by atoms with E-state index in [1.807, 2.05) is 0 Å². The molecule has 6 nitrogen and oxygen atoms in total. The topological polar surface area (TPSA) is 85.6 Å². The number of hydrogen-bond acceptors (Lipinski definition) is 7. The van der Waals surface area contributed by atoms with Crippen LogP contribution in [0.4, 0.5) is 4.39 Å². The van der Waals surface area contributed by atoms with Gasteiger partial charge in [-0.2, -0.15) is 5.26 Å². The Morgan fingerprint density at radius 3 is 1.97 bits per heavy atom. The van der Waals surface area contributed by atoms with Crippen molar-refractivity contribution in [3.05, 3.63) is 83.7 Å². The van der Waals surface area contributed by atoms with Crippen molar-refractivity contribution in [1.29, 1.82) is 5.26 Å². The molecule has 3 aromatic carbocycles. The van der Waals surface area contributed by atoms with Crippen LogP contribution in [-0.4, -0.2) is 18.5 Å². The van der Waals surface area contributed by atoms with E-state index in [4.69, 9.17) is 19.5 Å². The van der Waals surface area contributed by atoms with E-state index in [0.29, 0.717) is 29.9 Å². The fourth-order valence-electron chi connectivity index (χ4n) is 3.07. The molecule has 0 saturated carbocycles. The number of unbranched alkanes of at least 4 members (excludes halogenated alkanes) is 3. The van der Waals surface area contributed by atoms with Crippen LogP contribution < -0.4 is 14.2 Å². The zero-order valence-corrected chi connectivity index (χ0v) is 20.0. The maximum atomic E-state index is 13.9. The maximum Gasteiger partial charge on any atom is 0.343 e. The van der Waals surface area contributed by atoms with Gasteiger partial charge in [0.05, 0.1) is 22.6 Å². The standard InChI is InChI=1S/C27H24FNO5S/c1-2-3-4-5-16-32-21-10-12-22(13-11-21)33-26(30)19-6-8-20(9-7-19)27(31)34-23-14-15-25(35-18-29)24(28)17-23/h6-15,17H,2-5,16H2,1H3. The Bertz CT molecular complexity index is 1190. The van der Waals surface area contributed by atoms with Crippen LogP contribution in [0, 0.1) is 16.5 Å². The van der Waals surface area contributed by atoms with Crippen molar-refractivity contribution in [2.75, 3.05) is 6.61 Å². The van der Waals surface area contributed by atoms with E-state index in [1.165, 1.54) is 49.2 Å². The van der Waals surface area contributed by atoms with Gasteiger partial charge in [-0.1, -0.05) is 26.2 Å². The van der Waals surface area contributed by atoms with Gasteiger partial charge in [0.15, 0.2) is 0 Å². The van der Waals surface area contributed by atoms with E-state index in [2.05, 4.69) is 6.92 Å². The van der Waals surface area contributed by atoms with Crippen molar-refractivity contribution in [3.8, 4) is 22.6 Å². The Kier molecular flexibility index (Phi) is 9.69. The van der Waals surface area contributed by atoms with Crippen LogP contribution in [0.1, 0.15) is 53.3 Å². The van der Waals surface area contributed by atoms with Gasteiger partial charge < -0.3 is 14.2 Å². The number of carbonyl (C=O) groups excluding carboxylic acids is 2. The maximum absolute atomic E-state index is 13.9. The summed E-state index contributed by atoms with van der Waals surface area (Å²) in [6.07, 6.45) is 4.50. The third-order valence-corrected chi connectivity index (χ3v) is 5.57. The number of thiocyanates is 1. The van der Waals surface area contributed by atoms with Crippen LogP contribution in [0.15, 0.2) is 71.6 Å². The summed E-state index contributed by atoms with van der Waals surface area (Å²) in [7, 11) is 0. The third kappa shape index (κ3) is 7.87. The molecule has 0 unspecified atom stereocenters. The van der Waals surface area contributed by atoms with Crippen LogP contribution in [0.3, 0.4) is 0 Å². The zero-order chi connectivity index (χ0) is 25.0. The minimum Gasteiger partial charge on any atom is -0.494 e. The summed E-state index contributed by atoms with van der Waals surface area (Å²) in [4.78, 5) is 24.9. The normalized spacial score (nSPS) is 10.3. The second-order valence-electron chi connectivity index (χ2n) is 7.52. The van der Waals surface area contributed by atoms with Crippen LogP contribution in [-0.2, 0) is 0 Å². The number of ether oxygens (including phenoxy) is 3. The molecular weight excluding hydrogens is 469 g/mol. The lowest BCUT2D eigenvalue weighted by Gasteiger charge is -2.08. The molecule has 180 valence electrons. The predicted octanol–water partition coefficient (Wildman–Crippen LogP) is 6.80. The van der Waals surface area contributed by atoms with Crippen LogP contribution in [0.5, 0.6) is 17.2 Å². The highest BCUT2D eigenvalue weighted by Crippen LogP contribution is 2.25. The van der Waals surface area contributed by atoms with Gasteiger partial charge in [0, 0.05) is 6.07 Å². The molecule has 0 amide bonds. The second-order valence-corrected chi connectivity index (χ2v) is 8.35. The highest BCUT2D eigenvalue weighted by atomic mass is 32.2. The summed E-state index contributed by atoms with van der Waals surface area (Å²) < 4.78 is 30.1. The van der Waals surface area contributed by atoms with Crippen molar-refractivity contribution in [1.82, 2.24) is 0 Å². The molecule has 0 N–H and O–H groups in total. The SMILES string of the molecule is CCCCCCOc1ccc(OC(=O)c2ccc(C(=O)Oc3ccc(SC#N)c(F)c3)cc2)cc1. The van der Waals surface area contributed by atoms with Gasteiger partial charge in [0.25, 0.3) is 0 Å². The number of benzene rings is 3. The molecule has 0 saturated heterocycles. The Morgan fingerprint density at radius 1 is 0.829 bits per heavy atom. The fraction of sp³-hybridized carbons (Fsp3) is 0.222. The van der Waals surface area contributed by atoms with Gasteiger partial charge in [-0.05, 0) is 78.8 Å². The average Bonchev–Trinajstić information content (AvgIpc) is 2.86. The smallest absolute Gasteiger partial charge is 0.343 e. The van der Waals surface area contributed by atoms with E-state index in [1.54, 1.807) is 29.7 Å². The highest BCUT2D eigenvalue weighted by molar-refractivity contribution is 8.03. The number of rotatable bonds is 11. The van der Waals surface area contributed by atoms with Crippen molar-refractivity contribution >= 4 is 23.7 Å². The van der Waals surface area contributed by atoms with Crippen molar-refractivity contribution in [2.24, 2.45) is 0 Å². The number of esters is 2. The molecule has 0 fully saturated rings. The number of thioether (sulfide) groups is 1. The van der Waals surface area contributed by atoms with E-state index in [-0.39, 0.29) is 21.8 Å². The second kappa shape index (κ2) is 13.2. The van der Waals surface area contributed by atoms with Crippen molar-refractivity contribution in [3.63, 3.8) is 0 Å². The number of hydrogen-bond donors (Lipinski definition) is 0. The largest absolute Gasteiger partial charge is 0.494 e. The first kappa shape index (κ1) is 25.8. The number of carbonyl (C=O) groups is 2. The zero-order valence-electron chi connectivity index (χ0n) is 19.2. The first-order chi connectivity index (χ1) is 17.0. The van der Waals surface area contributed by atoms with Gasteiger partial charge in [-0.3, -0.25) is 0 Å². The first-order valence-electron chi connectivity index (χ1n) is 11.1. The minimum absolute atomic E-state index is 0.00617. The van der Waals surface area contributed by atoms with Crippen LogP contribution in [0.25, 0.3) is 0 Å². The van der Waals surface area contributed by atoms with E-state index in [0.717, 1.165) is 18.9 Å². The highest BCUT2D eigenvalue weighted by Gasteiger charge is 2.14. The summed E-state index contributed by atoms with van der Waals surface area (Å²) in [5.41, 5.74) is 0.430. The molecule has 8 heteroatoms. The quantitative estimate of drug-likeness (QED) is 0.0955. The third-order valence-electron chi connectivity index (χ3n) is 4.93. The molecule has 0 aliphatic carbocycles. The Balaban J connectivity index is 1.52. The summed E-state index contributed by atoms with van der Waals surface area (Å²) >= 11 is 0.676. The van der Waals surface area contributed by atoms with Gasteiger partial charge in [0.2, 0.25) is 0 Å². The molecule has 3 aromatic rings. The molecule has 0 atom stereocenters. The Labute approximate surface area is 207 Å². The molecule has 0 spiro atoms. The molecular formula is C27H24FNO5S. The summed E-state index contributed by atoms with van der Waals surface area (Å²) in [5, 5.41) is 10.4. The van der Waals surface area contributed by atoms with E-state index < -0.39 is 17.8 Å². The lowest BCUT2D eigenvalue weighted by Crippen LogP contribution is -2.11.